The van der Waals surface area contributed by atoms with Gasteiger partial charge in [-0.05, 0) is 60.2 Å². The molecule has 37 heavy (non-hydrogen) atoms. The van der Waals surface area contributed by atoms with Crippen LogP contribution in [0, 0.1) is 5.82 Å². The SMILES string of the molecule is O=C(Nc1ccc(C(=O)N2Cc3cccn3Cc3ccccc32)cc1Cl)c1cc(C(F)(F)F)ccc1F. The molecule has 1 aromatic heterocycles. The summed E-state index contributed by atoms with van der Waals surface area (Å²) < 4.78 is 55.2. The number of hydrogen-bond donors (Lipinski definition) is 1. The molecule has 1 aliphatic rings. The number of nitrogens with one attached hydrogen (secondary N) is 1. The van der Waals surface area contributed by atoms with Gasteiger partial charge < -0.3 is 14.8 Å². The van der Waals surface area contributed by atoms with Crippen LogP contribution >= 0.6 is 11.6 Å². The highest BCUT2D eigenvalue weighted by Crippen LogP contribution is 2.32. The summed E-state index contributed by atoms with van der Waals surface area (Å²) >= 11 is 6.32. The van der Waals surface area contributed by atoms with E-state index in [2.05, 4.69) is 9.88 Å². The first-order valence-electron chi connectivity index (χ1n) is 11.1. The van der Waals surface area contributed by atoms with Gasteiger partial charge >= 0.3 is 6.18 Å². The number of nitrogens with zero attached hydrogens (tertiary/aromatic N) is 2. The first-order chi connectivity index (χ1) is 17.6. The lowest BCUT2D eigenvalue weighted by Gasteiger charge is -2.23. The normalized spacial score (nSPS) is 12.9. The molecule has 0 bridgehead atoms. The molecule has 0 aliphatic carbocycles. The van der Waals surface area contributed by atoms with Gasteiger partial charge in [0.25, 0.3) is 11.8 Å². The predicted octanol–water partition coefficient (Wildman–Crippen LogP) is 6.76. The van der Waals surface area contributed by atoms with Gasteiger partial charge in [0.15, 0.2) is 0 Å². The zero-order chi connectivity index (χ0) is 26.3. The maximum absolute atomic E-state index is 14.1. The van der Waals surface area contributed by atoms with Crippen LogP contribution in [-0.4, -0.2) is 16.4 Å². The quantitative estimate of drug-likeness (QED) is 0.299. The number of fused-ring (bicyclic) bond motifs is 2. The fourth-order valence-electron chi connectivity index (χ4n) is 4.24. The van der Waals surface area contributed by atoms with Crippen molar-refractivity contribution >= 4 is 34.8 Å². The highest BCUT2D eigenvalue weighted by Gasteiger charge is 2.32. The largest absolute Gasteiger partial charge is 0.416 e. The lowest BCUT2D eigenvalue weighted by molar-refractivity contribution is -0.137. The average molecular weight is 528 g/mol. The first-order valence-corrected chi connectivity index (χ1v) is 11.5. The van der Waals surface area contributed by atoms with E-state index >= 15 is 0 Å². The van der Waals surface area contributed by atoms with E-state index < -0.39 is 29.0 Å². The summed E-state index contributed by atoms with van der Waals surface area (Å²) in [5.74, 6) is -2.55. The van der Waals surface area contributed by atoms with Crippen molar-refractivity contribution < 1.29 is 27.2 Å². The van der Waals surface area contributed by atoms with Crippen LogP contribution in [0.2, 0.25) is 5.02 Å². The van der Waals surface area contributed by atoms with Crippen LogP contribution in [0.15, 0.2) is 79.0 Å². The van der Waals surface area contributed by atoms with Crippen molar-refractivity contribution in [1.29, 1.82) is 0 Å². The maximum Gasteiger partial charge on any atom is 0.416 e. The van der Waals surface area contributed by atoms with Crippen molar-refractivity contribution in [2.75, 3.05) is 10.2 Å². The van der Waals surface area contributed by atoms with Gasteiger partial charge in [0.1, 0.15) is 5.82 Å². The van der Waals surface area contributed by atoms with E-state index in [9.17, 15) is 27.2 Å². The zero-order valence-electron chi connectivity index (χ0n) is 19.0. The molecule has 5 rings (SSSR count). The number of alkyl halides is 3. The molecule has 3 aromatic carbocycles. The van der Waals surface area contributed by atoms with Gasteiger partial charge in [-0.1, -0.05) is 29.8 Å². The minimum Gasteiger partial charge on any atom is -0.345 e. The topological polar surface area (TPSA) is 54.3 Å². The molecule has 0 fully saturated rings. The third-order valence-corrected chi connectivity index (χ3v) is 6.43. The van der Waals surface area contributed by atoms with E-state index in [1.54, 1.807) is 4.90 Å². The molecule has 5 nitrogen and oxygen atoms in total. The molecular weight excluding hydrogens is 510 g/mol. The van der Waals surface area contributed by atoms with E-state index in [0.717, 1.165) is 16.9 Å². The molecule has 0 saturated carbocycles. The molecular formula is C27H18ClF4N3O2. The van der Waals surface area contributed by atoms with E-state index in [-0.39, 0.29) is 22.2 Å². The molecule has 2 amide bonds. The van der Waals surface area contributed by atoms with Crippen molar-refractivity contribution in [2.45, 2.75) is 19.3 Å². The summed E-state index contributed by atoms with van der Waals surface area (Å²) in [6.07, 6.45) is -2.79. The second-order valence-electron chi connectivity index (χ2n) is 8.49. The Morgan fingerprint density at radius 2 is 1.70 bits per heavy atom. The number of anilines is 2. The summed E-state index contributed by atoms with van der Waals surface area (Å²) in [5.41, 5.74) is 0.981. The molecule has 0 saturated heterocycles. The minimum absolute atomic E-state index is 0.0187. The number of halogens is 5. The summed E-state index contributed by atoms with van der Waals surface area (Å²) in [4.78, 5) is 27.7. The van der Waals surface area contributed by atoms with Gasteiger partial charge in [-0.25, -0.2) is 4.39 Å². The lowest BCUT2D eigenvalue weighted by Crippen LogP contribution is -2.30. The lowest BCUT2D eigenvalue weighted by atomic mass is 10.1. The summed E-state index contributed by atoms with van der Waals surface area (Å²) in [6.45, 7) is 0.938. The third kappa shape index (κ3) is 4.82. The Bertz CT molecular complexity index is 1530. The van der Waals surface area contributed by atoms with Crippen LogP contribution in [0.1, 0.15) is 37.5 Å². The van der Waals surface area contributed by atoms with Gasteiger partial charge in [-0.15, -0.1) is 0 Å². The second-order valence-corrected chi connectivity index (χ2v) is 8.90. The highest BCUT2D eigenvalue weighted by molar-refractivity contribution is 6.34. The van der Waals surface area contributed by atoms with Crippen LogP contribution in [0.25, 0.3) is 0 Å². The van der Waals surface area contributed by atoms with Crippen molar-refractivity contribution in [3.8, 4) is 0 Å². The molecule has 4 aromatic rings. The third-order valence-electron chi connectivity index (χ3n) is 6.11. The molecule has 0 atom stereocenters. The van der Waals surface area contributed by atoms with Crippen molar-refractivity contribution in [1.82, 2.24) is 4.57 Å². The summed E-state index contributed by atoms with van der Waals surface area (Å²) in [7, 11) is 0. The number of carbonyl (C=O) groups is 2. The number of amides is 2. The summed E-state index contributed by atoms with van der Waals surface area (Å²) in [6, 6.07) is 17.1. The zero-order valence-corrected chi connectivity index (χ0v) is 19.8. The Morgan fingerprint density at radius 3 is 2.46 bits per heavy atom. The Hall–Kier alpha value is -4.11. The van der Waals surface area contributed by atoms with Crippen molar-refractivity contribution in [3.63, 3.8) is 0 Å². The van der Waals surface area contributed by atoms with E-state index in [4.69, 9.17) is 11.6 Å². The van der Waals surface area contributed by atoms with Gasteiger partial charge in [0.05, 0.1) is 28.4 Å². The standard InChI is InChI=1S/C27H18ClF4N3O2/c28-21-12-16(7-10-23(21)33-25(36)20-13-18(27(30,31)32)8-9-22(20)29)26(37)35-15-19-5-3-11-34(19)14-17-4-1-2-6-24(17)35/h1-13H,14-15H2,(H,33,36). The van der Waals surface area contributed by atoms with Crippen LogP contribution < -0.4 is 10.2 Å². The molecule has 0 radical (unpaired) electrons. The van der Waals surface area contributed by atoms with Gasteiger partial charge in [0.2, 0.25) is 0 Å². The van der Waals surface area contributed by atoms with Crippen LogP contribution in [0.3, 0.4) is 0 Å². The monoisotopic (exact) mass is 527 g/mol. The van der Waals surface area contributed by atoms with Crippen LogP contribution in [0.4, 0.5) is 28.9 Å². The second kappa shape index (κ2) is 9.40. The number of aromatic nitrogens is 1. The molecule has 1 aliphatic heterocycles. The smallest absolute Gasteiger partial charge is 0.345 e. The first kappa shape index (κ1) is 24.6. The average Bonchev–Trinajstić information content (AvgIpc) is 3.23. The minimum atomic E-state index is -4.74. The fourth-order valence-corrected chi connectivity index (χ4v) is 4.47. The van der Waals surface area contributed by atoms with Crippen molar-refractivity contribution in [2.24, 2.45) is 0 Å². The Labute approximate surface area is 213 Å². The van der Waals surface area contributed by atoms with E-state index in [1.165, 1.54) is 18.2 Å². The Morgan fingerprint density at radius 1 is 0.919 bits per heavy atom. The molecule has 1 N–H and O–H groups in total. The van der Waals surface area contributed by atoms with Gasteiger partial charge in [-0.2, -0.15) is 13.2 Å². The molecule has 2 heterocycles. The van der Waals surface area contributed by atoms with E-state index in [0.29, 0.717) is 31.3 Å². The Kier molecular flexibility index (Phi) is 6.25. The molecule has 0 unspecified atom stereocenters. The number of para-hydroxylation sites is 1. The maximum atomic E-state index is 14.1. The highest BCUT2D eigenvalue weighted by atomic mass is 35.5. The van der Waals surface area contributed by atoms with Crippen LogP contribution in [-0.2, 0) is 19.3 Å². The van der Waals surface area contributed by atoms with Gasteiger partial charge in [0, 0.05) is 29.7 Å². The summed E-state index contributed by atoms with van der Waals surface area (Å²) in [5, 5.41) is 2.29. The van der Waals surface area contributed by atoms with Crippen LogP contribution in [0.5, 0.6) is 0 Å². The molecule has 0 spiro atoms. The Balaban J connectivity index is 1.41. The molecule has 10 heteroatoms. The van der Waals surface area contributed by atoms with Gasteiger partial charge in [-0.3, -0.25) is 9.59 Å². The number of rotatable bonds is 3. The predicted molar refractivity (Wildman–Crippen MR) is 131 cm³/mol. The molecule has 188 valence electrons. The number of benzene rings is 3. The number of carbonyl (C=O) groups excluding carboxylic acids is 2. The van der Waals surface area contributed by atoms with E-state index in [1.807, 2.05) is 42.6 Å². The van der Waals surface area contributed by atoms with Crippen molar-refractivity contribution in [3.05, 3.63) is 118 Å². The number of hydrogen-bond acceptors (Lipinski definition) is 2. The fraction of sp³-hybridized carbons (Fsp3) is 0.111.